The summed E-state index contributed by atoms with van der Waals surface area (Å²) in [5, 5.41) is 8.51. The first-order chi connectivity index (χ1) is 10.6. The second-order valence-corrected chi connectivity index (χ2v) is 6.69. The van der Waals surface area contributed by atoms with E-state index in [0.29, 0.717) is 18.3 Å². The number of pyridine rings is 1. The Morgan fingerprint density at radius 3 is 3.00 bits per heavy atom. The average Bonchev–Trinajstić information content (AvgIpc) is 2.52. The van der Waals surface area contributed by atoms with E-state index >= 15 is 0 Å². The van der Waals surface area contributed by atoms with Crippen molar-refractivity contribution in [2.24, 2.45) is 5.41 Å². The van der Waals surface area contributed by atoms with Gasteiger partial charge in [-0.05, 0) is 36.3 Å². The number of nitrogens with one attached hydrogen (secondary N) is 2. The molecule has 1 unspecified atom stereocenters. The number of benzene rings is 1. The van der Waals surface area contributed by atoms with Gasteiger partial charge >= 0.3 is 0 Å². The number of amides is 1. The molecule has 2 heterocycles. The number of carbonyl (C=O) groups excluding carboxylic acids is 1. The van der Waals surface area contributed by atoms with E-state index in [1.807, 2.05) is 30.3 Å². The van der Waals surface area contributed by atoms with Crippen molar-refractivity contribution >= 4 is 16.7 Å². The molecule has 1 saturated heterocycles. The van der Waals surface area contributed by atoms with Gasteiger partial charge in [0.05, 0.1) is 0 Å². The average molecular weight is 297 g/mol. The van der Waals surface area contributed by atoms with Crippen LogP contribution in [0.25, 0.3) is 10.8 Å². The summed E-state index contributed by atoms with van der Waals surface area (Å²) in [5.41, 5.74) is 0.712. The van der Waals surface area contributed by atoms with E-state index in [2.05, 4.69) is 29.5 Å². The van der Waals surface area contributed by atoms with Crippen molar-refractivity contribution in [3.05, 3.63) is 42.2 Å². The summed E-state index contributed by atoms with van der Waals surface area (Å²) < 4.78 is 0. The number of fused-ring (bicyclic) bond motifs is 1. The van der Waals surface area contributed by atoms with Gasteiger partial charge in [-0.2, -0.15) is 0 Å². The summed E-state index contributed by atoms with van der Waals surface area (Å²) in [7, 11) is 0. The van der Waals surface area contributed by atoms with Crippen LogP contribution in [0.1, 0.15) is 37.2 Å². The maximum Gasteiger partial charge on any atom is 0.270 e. The Kier molecular flexibility index (Phi) is 4.12. The fraction of sp³-hybridized carbons (Fsp3) is 0.444. The third kappa shape index (κ3) is 2.97. The molecule has 4 nitrogen and oxygen atoms in total. The second-order valence-electron chi connectivity index (χ2n) is 6.69. The highest BCUT2D eigenvalue weighted by molar-refractivity contribution is 6.05. The van der Waals surface area contributed by atoms with Crippen molar-refractivity contribution in [1.29, 1.82) is 0 Å². The molecule has 1 aliphatic heterocycles. The van der Waals surface area contributed by atoms with E-state index in [1.54, 1.807) is 6.20 Å². The number of hydrogen-bond acceptors (Lipinski definition) is 3. The zero-order chi connectivity index (χ0) is 15.6. The highest BCUT2D eigenvalue weighted by Crippen LogP contribution is 2.29. The van der Waals surface area contributed by atoms with Crippen LogP contribution in [0.2, 0.25) is 0 Å². The van der Waals surface area contributed by atoms with Crippen molar-refractivity contribution in [3.8, 4) is 0 Å². The molecule has 2 aromatic rings. The molecule has 1 amide bonds. The lowest BCUT2D eigenvalue weighted by Gasteiger charge is -2.39. The Hall–Kier alpha value is -1.94. The summed E-state index contributed by atoms with van der Waals surface area (Å²) in [5.74, 6) is -0.0972. The monoisotopic (exact) mass is 297 g/mol. The van der Waals surface area contributed by atoms with E-state index < -0.39 is 0 Å². The molecule has 1 fully saturated rings. The summed E-state index contributed by atoms with van der Waals surface area (Å²) >= 11 is 0. The van der Waals surface area contributed by atoms with E-state index in [1.165, 1.54) is 12.8 Å². The normalized spacial score (nSPS) is 20.7. The van der Waals surface area contributed by atoms with E-state index in [4.69, 9.17) is 0 Å². The van der Waals surface area contributed by atoms with Crippen LogP contribution in [-0.4, -0.2) is 30.0 Å². The fourth-order valence-corrected chi connectivity index (χ4v) is 3.20. The third-order valence-corrected chi connectivity index (χ3v) is 4.69. The highest BCUT2D eigenvalue weighted by atomic mass is 16.1. The van der Waals surface area contributed by atoms with Gasteiger partial charge in [0.2, 0.25) is 0 Å². The van der Waals surface area contributed by atoms with Gasteiger partial charge in [0.25, 0.3) is 5.91 Å². The molecule has 0 spiro atoms. The Morgan fingerprint density at radius 2 is 2.18 bits per heavy atom. The fourth-order valence-electron chi connectivity index (χ4n) is 3.20. The number of piperidine rings is 1. The lowest BCUT2D eigenvalue weighted by Crippen LogP contribution is -2.52. The van der Waals surface area contributed by atoms with Crippen molar-refractivity contribution in [3.63, 3.8) is 0 Å². The summed E-state index contributed by atoms with van der Waals surface area (Å²) in [6.45, 7) is 6.17. The molecule has 116 valence electrons. The topological polar surface area (TPSA) is 54.0 Å². The predicted molar refractivity (Wildman–Crippen MR) is 88.9 cm³/mol. The first-order valence-corrected chi connectivity index (χ1v) is 7.93. The minimum absolute atomic E-state index is 0.0972. The first kappa shape index (κ1) is 15.0. The molecule has 1 aromatic carbocycles. The summed E-state index contributed by atoms with van der Waals surface area (Å²) in [4.78, 5) is 16.8. The van der Waals surface area contributed by atoms with Crippen LogP contribution >= 0.6 is 0 Å². The molecule has 0 aliphatic carbocycles. The van der Waals surface area contributed by atoms with Crippen LogP contribution < -0.4 is 10.6 Å². The van der Waals surface area contributed by atoms with Crippen LogP contribution in [0, 0.1) is 5.41 Å². The molecule has 1 atom stereocenters. The third-order valence-electron chi connectivity index (χ3n) is 4.69. The first-order valence-electron chi connectivity index (χ1n) is 7.93. The summed E-state index contributed by atoms with van der Waals surface area (Å²) in [6, 6.07) is 10.1. The van der Waals surface area contributed by atoms with Crippen LogP contribution in [0.3, 0.4) is 0 Å². The number of rotatable bonds is 3. The van der Waals surface area contributed by atoms with Crippen molar-refractivity contribution in [2.75, 3.05) is 13.1 Å². The van der Waals surface area contributed by atoms with Gasteiger partial charge in [0.1, 0.15) is 5.69 Å². The number of nitrogens with zero attached hydrogens (tertiary/aromatic N) is 1. The lowest BCUT2D eigenvalue weighted by atomic mass is 9.77. The molecule has 2 N–H and O–H groups in total. The Labute approximate surface area is 131 Å². The smallest absolute Gasteiger partial charge is 0.270 e. The van der Waals surface area contributed by atoms with Crippen LogP contribution in [0.4, 0.5) is 0 Å². The molecular formula is C18H23N3O. The largest absolute Gasteiger partial charge is 0.349 e. The Bertz CT molecular complexity index is 676. The van der Waals surface area contributed by atoms with Gasteiger partial charge in [0, 0.05) is 24.2 Å². The number of hydrogen-bond donors (Lipinski definition) is 2. The van der Waals surface area contributed by atoms with Crippen molar-refractivity contribution in [1.82, 2.24) is 15.6 Å². The zero-order valence-electron chi connectivity index (χ0n) is 13.2. The van der Waals surface area contributed by atoms with Gasteiger partial charge in [-0.15, -0.1) is 0 Å². The maximum atomic E-state index is 12.5. The Morgan fingerprint density at radius 1 is 1.36 bits per heavy atom. The molecule has 3 rings (SSSR count). The molecule has 1 aliphatic rings. The minimum atomic E-state index is -0.0972. The molecule has 4 heteroatoms. The van der Waals surface area contributed by atoms with Gasteiger partial charge < -0.3 is 10.6 Å². The van der Waals surface area contributed by atoms with E-state index in [-0.39, 0.29) is 11.3 Å². The summed E-state index contributed by atoms with van der Waals surface area (Å²) in [6.07, 6.45) is 4.08. The number of carbonyl (C=O) groups is 1. The second kappa shape index (κ2) is 6.05. The molecular weight excluding hydrogens is 274 g/mol. The standard InChI is InChI=1S/C18H23N3O/c1-18(2)9-5-10-19-15(18)12-21-17(22)16-14-7-4-3-6-13(14)8-11-20-16/h3-4,6-8,11,15,19H,5,9-10,12H2,1-2H3,(H,21,22). The van der Waals surface area contributed by atoms with E-state index in [0.717, 1.165) is 17.3 Å². The molecule has 1 aromatic heterocycles. The Balaban J connectivity index is 1.74. The van der Waals surface area contributed by atoms with Crippen LogP contribution in [0.5, 0.6) is 0 Å². The molecule has 0 bridgehead atoms. The SMILES string of the molecule is CC1(C)CCCNC1CNC(=O)c1nccc2ccccc12. The zero-order valence-corrected chi connectivity index (χ0v) is 13.2. The maximum absolute atomic E-state index is 12.5. The van der Waals surface area contributed by atoms with Gasteiger partial charge in [0.15, 0.2) is 0 Å². The molecule has 22 heavy (non-hydrogen) atoms. The van der Waals surface area contributed by atoms with Gasteiger partial charge in [-0.3, -0.25) is 9.78 Å². The number of aromatic nitrogens is 1. The van der Waals surface area contributed by atoms with Crippen LogP contribution in [0.15, 0.2) is 36.5 Å². The van der Waals surface area contributed by atoms with Crippen LogP contribution in [-0.2, 0) is 0 Å². The molecule has 0 radical (unpaired) electrons. The van der Waals surface area contributed by atoms with Gasteiger partial charge in [-0.1, -0.05) is 38.1 Å². The van der Waals surface area contributed by atoms with Gasteiger partial charge in [-0.25, -0.2) is 0 Å². The van der Waals surface area contributed by atoms with Crippen molar-refractivity contribution in [2.45, 2.75) is 32.7 Å². The van der Waals surface area contributed by atoms with Crippen molar-refractivity contribution < 1.29 is 4.79 Å². The van der Waals surface area contributed by atoms with E-state index in [9.17, 15) is 4.79 Å². The molecule has 0 saturated carbocycles. The lowest BCUT2D eigenvalue weighted by molar-refractivity contribution is 0.0925. The predicted octanol–water partition coefficient (Wildman–Crippen LogP) is 2.74. The highest BCUT2D eigenvalue weighted by Gasteiger charge is 2.32. The quantitative estimate of drug-likeness (QED) is 0.916. The minimum Gasteiger partial charge on any atom is -0.349 e.